The lowest BCUT2D eigenvalue weighted by atomic mass is 10.2. The highest BCUT2D eigenvalue weighted by Gasteiger charge is 2.18. The van der Waals surface area contributed by atoms with Crippen LogP contribution in [-0.4, -0.2) is 54.8 Å². The molecule has 0 spiro atoms. The Morgan fingerprint density at radius 2 is 1.93 bits per heavy atom. The van der Waals surface area contributed by atoms with Crippen molar-refractivity contribution in [2.75, 3.05) is 19.5 Å². The van der Waals surface area contributed by atoms with Crippen molar-refractivity contribution in [2.45, 2.75) is 11.8 Å². The Morgan fingerprint density at radius 3 is 2.59 bits per heavy atom. The van der Waals surface area contributed by atoms with E-state index in [0.717, 1.165) is 11.0 Å². The van der Waals surface area contributed by atoms with Crippen LogP contribution >= 0.6 is 11.6 Å². The summed E-state index contributed by atoms with van der Waals surface area (Å²) in [5.41, 5.74) is 4.35. The lowest BCUT2D eigenvalue weighted by Gasteiger charge is -2.11. The maximum atomic E-state index is 12.7. The summed E-state index contributed by atoms with van der Waals surface area (Å²) in [5, 5.41) is 0.000650. The van der Waals surface area contributed by atoms with Gasteiger partial charge in [0.05, 0.1) is 26.5 Å². The van der Waals surface area contributed by atoms with Crippen molar-refractivity contribution in [2.24, 2.45) is 4.40 Å². The number of halogens is 1. The molecule has 11 heteroatoms. The minimum atomic E-state index is -3.91. The number of para-hydroxylation sites is 2. The standard InChI is InChI=1S/C18H18ClN5O3S.H2O/c1-12-21-16-6-4-5-7-17(16)24(12)22-18(25)14-9-8-13(10-15(14)19)28(26,27)20-11-23(2)3;/h4-11H,1-3H3,(H,22,25);1H2/b20-11+;. The molecule has 154 valence electrons. The number of carbonyl (C=O) groups is 1. The lowest BCUT2D eigenvalue weighted by Crippen LogP contribution is -2.24. The molecule has 0 bridgehead atoms. The van der Waals surface area contributed by atoms with E-state index >= 15 is 0 Å². The van der Waals surface area contributed by atoms with E-state index in [0.29, 0.717) is 5.82 Å². The summed E-state index contributed by atoms with van der Waals surface area (Å²) in [6, 6.07) is 11.2. The van der Waals surface area contributed by atoms with Crippen molar-refractivity contribution in [3.05, 3.63) is 58.9 Å². The highest BCUT2D eigenvalue weighted by molar-refractivity contribution is 7.90. The van der Waals surface area contributed by atoms with Crippen LogP contribution in [0.5, 0.6) is 0 Å². The van der Waals surface area contributed by atoms with E-state index in [-0.39, 0.29) is 21.0 Å². The molecule has 0 atom stereocenters. The van der Waals surface area contributed by atoms with E-state index in [2.05, 4.69) is 14.8 Å². The van der Waals surface area contributed by atoms with Crippen LogP contribution in [-0.2, 0) is 10.0 Å². The third kappa shape index (κ3) is 4.73. The predicted molar refractivity (Wildman–Crippen MR) is 113 cm³/mol. The molecule has 0 saturated heterocycles. The summed E-state index contributed by atoms with van der Waals surface area (Å²) in [7, 11) is -0.601. The minimum Gasteiger partial charge on any atom is -0.412 e. The number of aromatic nitrogens is 2. The Morgan fingerprint density at radius 1 is 1.24 bits per heavy atom. The molecular weight excluding hydrogens is 418 g/mol. The van der Waals surface area contributed by atoms with Gasteiger partial charge in [0, 0.05) is 14.1 Å². The number of hydrogen-bond acceptors (Lipinski definition) is 4. The Kier molecular flexibility index (Phi) is 6.62. The molecule has 9 nitrogen and oxygen atoms in total. The van der Waals surface area contributed by atoms with Gasteiger partial charge in [-0.3, -0.25) is 10.2 Å². The summed E-state index contributed by atoms with van der Waals surface area (Å²) in [6.07, 6.45) is 1.18. The van der Waals surface area contributed by atoms with Gasteiger partial charge >= 0.3 is 0 Å². The molecule has 2 aromatic carbocycles. The van der Waals surface area contributed by atoms with Crippen molar-refractivity contribution >= 4 is 44.9 Å². The first-order valence-corrected chi connectivity index (χ1v) is 10.0. The van der Waals surface area contributed by atoms with Gasteiger partial charge in [0.25, 0.3) is 15.9 Å². The van der Waals surface area contributed by atoms with Gasteiger partial charge in [-0.05, 0) is 37.3 Å². The average molecular weight is 438 g/mol. The topological polar surface area (TPSA) is 128 Å². The van der Waals surface area contributed by atoms with Gasteiger partial charge in [0.2, 0.25) is 0 Å². The molecule has 0 aliphatic rings. The summed E-state index contributed by atoms with van der Waals surface area (Å²) < 4.78 is 29.5. The van der Waals surface area contributed by atoms with Gasteiger partial charge in [-0.25, -0.2) is 9.66 Å². The van der Waals surface area contributed by atoms with Crippen LogP contribution in [0.25, 0.3) is 11.0 Å². The number of rotatable bonds is 5. The van der Waals surface area contributed by atoms with E-state index < -0.39 is 15.9 Å². The van der Waals surface area contributed by atoms with Gasteiger partial charge < -0.3 is 10.4 Å². The van der Waals surface area contributed by atoms with Gasteiger partial charge in [-0.2, -0.15) is 8.42 Å². The number of benzene rings is 2. The second-order valence-electron chi connectivity index (χ2n) is 6.23. The zero-order valence-electron chi connectivity index (χ0n) is 15.9. The average Bonchev–Trinajstić information content (AvgIpc) is 2.95. The molecule has 3 N–H and O–H groups in total. The van der Waals surface area contributed by atoms with E-state index in [9.17, 15) is 13.2 Å². The Hall–Kier alpha value is -2.95. The van der Waals surface area contributed by atoms with Crippen LogP contribution in [0, 0.1) is 6.92 Å². The van der Waals surface area contributed by atoms with E-state index in [1.165, 1.54) is 29.4 Å². The third-order valence-electron chi connectivity index (χ3n) is 3.84. The SMILES string of the molecule is Cc1nc2ccccc2n1NC(=O)c1ccc(S(=O)(=O)/N=C/N(C)C)cc1Cl.O. The van der Waals surface area contributed by atoms with Crippen molar-refractivity contribution in [1.29, 1.82) is 0 Å². The number of amides is 1. The zero-order chi connectivity index (χ0) is 20.5. The number of carbonyl (C=O) groups excluding carboxylic acids is 1. The van der Waals surface area contributed by atoms with Crippen LogP contribution < -0.4 is 5.43 Å². The van der Waals surface area contributed by atoms with Crippen molar-refractivity contribution in [3.8, 4) is 0 Å². The summed E-state index contributed by atoms with van der Waals surface area (Å²) in [4.78, 5) is 18.5. The Labute approximate surface area is 173 Å². The Bertz CT molecular complexity index is 1190. The smallest absolute Gasteiger partial charge is 0.283 e. The largest absolute Gasteiger partial charge is 0.412 e. The van der Waals surface area contributed by atoms with Crippen molar-refractivity contribution in [1.82, 2.24) is 14.6 Å². The van der Waals surface area contributed by atoms with Crippen LogP contribution in [0.4, 0.5) is 0 Å². The molecule has 0 unspecified atom stereocenters. The van der Waals surface area contributed by atoms with Gasteiger partial charge in [0.1, 0.15) is 12.2 Å². The van der Waals surface area contributed by atoms with Crippen LogP contribution in [0.15, 0.2) is 51.8 Å². The number of sulfonamides is 1. The van der Waals surface area contributed by atoms with Crippen LogP contribution in [0.1, 0.15) is 16.2 Å². The number of fused-ring (bicyclic) bond motifs is 1. The summed E-state index contributed by atoms with van der Waals surface area (Å²) >= 11 is 6.18. The maximum Gasteiger partial charge on any atom is 0.283 e. The second-order valence-corrected chi connectivity index (χ2v) is 8.26. The molecule has 0 saturated carbocycles. The van der Waals surface area contributed by atoms with E-state index in [1.807, 2.05) is 24.3 Å². The molecule has 0 aliphatic carbocycles. The number of aryl methyl sites for hydroxylation is 1. The quantitative estimate of drug-likeness (QED) is 0.481. The molecular formula is C18H20ClN5O4S. The number of hydrogen-bond donors (Lipinski definition) is 1. The normalized spacial score (nSPS) is 11.4. The third-order valence-corrected chi connectivity index (χ3v) is 5.38. The number of imidazole rings is 1. The first-order chi connectivity index (χ1) is 13.2. The fourth-order valence-electron chi connectivity index (χ4n) is 2.51. The second kappa shape index (κ2) is 8.60. The molecule has 3 rings (SSSR count). The summed E-state index contributed by atoms with van der Waals surface area (Å²) in [6.45, 7) is 1.76. The molecule has 1 heterocycles. The summed E-state index contributed by atoms with van der Waals surface area (Å²) in [5.74, 6) is 0.111. The highest BCUT2D eigenvalue weighted by atomic mass is 35.5. The first-order valence-electron chi connectivity index (χ1n) is 8.21. The molecule has 29 heavy (non-hydrogen) atoms. The molecule has 0 aliphatic heterocycles. The van der Waals surface area contributed by atoms with E-state index in [4.69, 9.17) is 11.6 Å². The fourth-order valence-corrected chi connectivity index (χ4v) is 3.78. The monoisotopic (exact) mass is 437 g/mol. The van der Waals surface area contributed by atoms with Crippen LogP contribution in [0.3, 0.4) is 0 Å². The van der Waals surface area contributed by atoms with Gasteiger partial charge in [-0.15, -0.1) is 4.40 Å². The van der Waals surface area contributed by atoms with Crippen molar-refractivity contribution < 1.29 is 18.7 Å². The van der Waals surface area contributed by atoms with Crippen molar-refractivity contribution in [3.63, 3.8) is 0 Å². The molecule has 0 radical (unpaired) electrons. The van der Waals surface area contributed by atoms with E-state index in [1.54, 1.807) is 25.7 Å². The van der Waals surface area contributed by atoms with Gasteiger partial charge in [0.15, 0.2) is 0 Å². The predicted octanol–water partition coefficient (Wildman–Crippen LogP) is 1.84. The minimum absolute atomic E-state index is 0. The molecule has 3 aromatic rings. The molecule has 1 amide bonds. The zero-order valence-corrected chi connectivity index (χ0v) is 17.5. The van der Waals surface area contributed by atoms with Crippen LogP contribution in [0.2, 0.25) is 5.02 Å². The van der Waals surface area contributed by atoms with Gasteiger partial charge in [-0.1, -0.05) is 23.7 Å². The highest BCUT2D eigenvalue weighted by Crippen LogP contribution is 2.23. The molecule has 1 aromatic heterocycles. The number of nitrogens with one attached hydrogen (secondary N) is 1. The molecule has 0 fully saturated rings. The maximum absolute atomic E-state index is 12.7. The number of nitrogens with zero attached hydrogens (tertiary/aromatic N) is 4. The first kappa shape index (κ1) is 22.3. The fraction of sp³-hybridized carbons (Fsp3) is 0.167. The lowest BCUT2D eigenvalue weighted by molar-refractivity contribution is 0.101. The Balaban J connectivity index is 0.00000300.